The molecule has 1 N–H and O–H groups in total. The number of esters is 1. The van der Waals surface area contributed by atoms with Crippen molar-refractivity contribution in [3.63, 3.8) is 0 Å². The maximum Gasteiger partial charge on any atom is 0.350 e. The van der Waals surface area contributed by atoms with Crippen LogP contribution < -0.4 is 10.1 Å². The average molecular weight is 462 g/mol. The maximum atomic E-state index is 12.2. The molecule has 2 heterocycles. The fourth-order valence-corrected chi connectivity index (χ4v) is 4.52. The van der Waals surface area contributed by atoms with Gasteiger partial charge in [-0.2, -0.15) is 0 Å². The van der Waals surface area contributed by atoms with Crippen molar-refractivity contribution in [1.82, 2.24) is 4.98 Å². The highest BCUT2D eigenvalue weighted by molar-refractivity contribution is 9.11. The number of hydrogen-bond donors (Lipinski definition) is 1. The molecule has 25 heavy (non-hydrogen) atoms. The summed E-state index contributed by atoms with van der Waals surface area (Å²) in [5.74, 6) is -0.464. The number of carbonyl (C=O) groups is 2. The normalized spacial score (nSPS) is 10.7. The number of methoxy groups -OCH3 is 1. The van der Waals surface area contributed by atoms with Crippen molar-refractivity contribution < 1.29 is 19.1 Å². The number of thiazole rings is 1. The number of ether oxygens (including phenoxy) is 2. The summed E-state index contributed by atoms with van der Waals surface area (Å²) in [6.07, 6.45) is 1.57. The van der Waals surface area contributed by atoms with Crippen molar-refractivity contribution in [2.45, 2.75) is 0 Å². The van der Waals surface area contributed by atoms with Gasteiger partial charge in [0, 0.05) is 10.1 Å². The fourth-order valence-electron chi connectivity index (χ4n) is 1.97. The zero-order chi connectivity index (χ0) is 18.0. The van der Waals surface area contributed by atoms with Gasteiger partial charge in [-0.25, -0.2) is 9.78 Å². The third kappa shape index (κ3) is 4.12. The summed E-state index contributed by atoms with van der Waals surface area (Å²) in [4.78, 5) is 28.3. The lowest BCUT2D eigenvalue weighted by atomic mass is 10.2. The molecule has 3 aromatic rings. The van der Waals surface area contributed by atoms with E-state index in [9.17, 15) is 9.59 Å². The third-order valence-corrected chi connectivity index (χ3v) is 6.11. The van der Waals surface area contributed by atoms with Gasteiger partial charge < -0.3 is 9.47 Å². The van der Waals surface area contributed by atoms with Crippen molar-refractivity contribution in [2.24, 2.45) is 0 Å². The molecule has 1 amide bonds. The number of carbonyl (C=O) groups excluding carboxylic acids is 2. The molecule has 0 bridgehead atoms. The van der Waals surface area contributed by atoms with Gasteiger partial charge in [-0.1, -0.05) is 22.9 Å². The molecule has 0 aliphatic carbocycles. The summed E-state index contributed by atoms with van der Waals surface area (Å²) < 4.78 is 11.8. The van der Waals surface area contributed by atoms with E-state index in [2.05, 4.69) is 26.2 Å². The molecule has 1 aromatic carbocycles. The molecule has 0 fully saturated rings. The summed E-state index contributed by atoms with van der Waals surface area (Å²) in [5.41, 5.74) is 0. The van der Waals surface area contributed by atoms with Gasteiger partial charge in [-0.15, -0.1) is 11.3 Å². The standard InChI is InChI=1S/C15H10BrClN2O4S2/c1-22-7-2-3-8-9(4-7)24-13(12(8)17)14(21)23-6-11(20)19-15-18-5-10(16)25-15/h2-5H,6H2,1H3,(H,18,19,20). The van der Waals surface area contributed by atoms with E-state index in [1.807, 2.05) is 0 Å². The number of fused-ring (bicyclic) bond motifs is 1. The van der Waals surface area contributed by atoms with E-state index in [1.54, 1.807) is 31.5 Å². The Morgan fingerprint density at radius 2 is 2.16 bits per heavy atom. The maximum absolute atomic E-state index is 12.2. The van der Waals surface area contributed by atoms with Gasteiger partial charge in [-0.05, 0) is 34.1 Å². The fraction of sp³-hybridized carbons (Fsp3) is 0.133. The van der Waals surface area contributed by atoms with Gasteiger partial charge in [0.15, 0.2) is 11.7 Å². The van der Waals surface area contributed by atoms with Gasteiger partial charge in [0.1, 0.15) is 10.6 Å². The monoisotopic (exact) mass is 460 g/mol. The molecule has 6 nitrogen and oxygen atoms in total. The summed E-state index contributed by atoms with van der Waals surface area (Å²) in [7, 11) is 1.56. The lowest BCUT2D eigenvalue weighted by molar-refractivity contribution is -0.119. The summed E-state index contributed by atoms with van der Waals surface area (Å²) in [6.45, 7) is -0.427. The van der Waals surface area contributed by atoms with Crippen LogP contribution in [0.15, 0.2) is 28.2 Å². The molecule has 0 saturated heterocycles. The number of halogens is 2. The molecule has 0 atom stereocenters. The third-order valence-electron chi connectivity index (χ3n) is 3.08. The zero-order valence-electron chi connectivity index (χ0n) is 12.7. The summed E-state index contributed by atoms with van der Waals surface area (Å²) >= 11 is 11.9. The molecule has 0 saturated carbocycles. The Hall–Kier alpha value is -1.68. The molecular formula is C15H10BrClN2O4S2. The molecule has 130 valence electrons. The van der Waals surface area contributed by atoms with Crippen LogP contribution in [0.4, 0.5) is 5.13 Å². The van der Waals surface area contributed by atoms with E-state index in [-0.39, 0.29) is 4.88 Å². The second-order valence-electron chi connectivity index (χ2n) is 4.70. The van der Waals surface area contributed by atoms with Gasteiger partial charge >= 0.3 is 5.97 Å². The molecule has 0 aliphatic heterocycles. The van der Waals surface area contributed by atoms with Gasteiger partial charge in [0.05, 0.1) is 22.1 Å². The molecule has 2 aromatic heterocycles. The zero-order valence-corrected chi connectivity index (χ0v) is 16.6. The van der Waals surface area contributed by atoms with Gasteiger partial charge in [0.25, 0.3) is 5.91 Å². The van der Waals surface area contributed by atoms with Crippen molar-refractivity contribution in [2.75, 3.05) is 19.0 Å². The summed E-state index contributed by atoms with van der Waals surface area (Å²) in [6, 6.07) is 5.32. The van der Waals surface area contributed by atoms with E-state index in [4.69, 9.17) is 21.1 Å². The van der Waals surface area contributed by atoms with Crippen LogP contribution in [0.2, 0.25) is 5.02 Å². The second-order valence-corrected chi connectivity index (χ2v) is 8.54. The molecule has 10 heteroatoms. The van der Waals surface area contributed by atoms with Gasteiger partial charge in [-0.3, -0.25) is 10.1 Å². The number of thiophene rings is 1. The highest BCUT2D eigenvalue weighted by Gasteiger charge is 2.20. The van der Waals surface area contributed by atoms with Crippen molar-refractivity contribution >= 4 is 77.3 Å². The SMILES string of the molecule is COc1ccc2c(Cl)c(C(=O)OCC(=O)Nc3ncc(Br)s3)sc2c1. The molecule has 0 spiro atoms. The summed E-state index contributed by atoms with van der Waals surface area (Å²) in [5, 5.41) is 3.99. The number of anilines is 1. The Morgan fingerprint density at radius 3 is 2.84 bits per heavy atom. The van der Waals surface area contributed by atoms with Crippen LogP contribution in [0.5, 0.6) is 5.75 Å². The number of rotatable bonds is 5. The predicted molar refractivity (Wildman–Crippen MR) is 102 cm³/mol. The van der Waals surface area contributed by atoms with Crippen LogP contribution in [0.3, 0.4) is 0 Å². The van der Waals surface area contributed by atoms with E-state index >= 15 is 0 Å². The number of nitrogens with one attached hydrogen (secondary N) is 1. The Bertz CT molecular complexity index is 956. The number of benzene rings is 1. The Balaban J connectivity index is 1.67. The highest BCUT2D eigenvalue weighted by atomic mass is 79.9. The average Bonchev–Trinajstić information content (AvgIpc) is 3.15. The van der Waals surface area contributed by atoms with Crippen LogP contribution in [0.1, 0.15) is 9.67 Å². The minimum atomic E-state index is -0.652. The first kappa shape index (κ1) is 18.1. The lowest BCUT2D eigenvalue weighted by Gasteiger charge is -2.03. The molecule has 3 rings (SSSR count). The minimum absolute atomic E-state index is 0.245. The van der Waals surface area contributed by atoms with Crippen molar-refractivity contribution in [3.05, 3.63) is 38.1 Å². The minimum Gasteiger partial charge on any atom is -0.497 e. The van der Waals surface area contributed by atoms with Crippen LogP contribution in [-0.4, -0.2) is 30.6 Å². The Morgan fingerprint density at radius 1 is 1.36 bits per heavy atom. The number of hydrogen-bond acceptors (Lipinski definition) is 7. The van der Waals surface area contributed by atoms with Crippen molar-refractivity contribution in [3.8, 4) is 5.75 Å². The van der Waals surface area contributed by atoms with Gasteiger partial charge in [0.2, 0.25) is 0 Å². The molecule has 0 unspecified atom stereocenters. The largest absolute Gasteiger partial charge is 0.497 e. The number of aromatic nitrogens is 1. The first-order chi connectivity index (χ1) is 12.0. The first-order valence-electron chi connectivity index (χ1n) is 6.82. The molecular weight excluding hydrogens is 452 g/mol. The van der Waals surface area contributed by atoms with Crippen LogP contribution in [-0.2, 0) is 9.53 Å². The number of amides is 1. The van der Waals surface area contributed by atoms with Crippen LogP contribution in [0.25, 0.3) is 10.1 Å². The quantitative estimate of drug-likeness (QED) is 0.563. The highest BCUT2D eigenvalue weighted by Crippen LogP contribution is 2.37. The van der Waals surface area contributed by atoms with Crippen LogP contribution >= 0.6 is 50.2 Å². The smallest absolute Gasteiger partial charge is 0.350 e. The van der Waals surface area contributed by atoms with E-state index in [0.717, 1.165) is 13.9 Å². The van der Waals surface area contributed by atoms with E-state index in [1.165, 1.54) is 22.7 Å². The predicted octanol–water partition coefficient (Wildman–Crippen LogP) is 4.58. The van der Waals surface area contributed by atoms with E-state index < -0.39 is 18.5 Å². The first-order valence-corrected chi connectivity index (χ1v) is 9.62. The lowest BCUT2D eigenvalue weighted by Crippen LogP contribution is -2.20. The molecule has 0 aliphatic rings. The Labute approximate surface area is 163 Å². The second kappa shape index (κ2) is 7.69. The molecule has 0 radical (unpaired) electrons. The van der Waals surface area contributed by atoms with Crippen molar-refractivity contribution in [1.29, 1.82) is 0 Å². The Kier molecular flexibility index (Phi) is 5.57. The van der Waals surface area contributed by atoms with E-state index in [0.29, 0.717) is 15.9 Å². The topological polar surface area (TPSA) is 77.5 Å². The number of nitrogens with zero attached hydrogens (tertiary/aromatic N) is 1. The van der Waals surface area contributed by atoms with Crippen LogP contribution in [0, 0.1) is 0 Å².